The van der Waals surface area contributed by atoms with Crippen molar-refractivity contribution in [2.24, 2.45) is 0 Å². The molecule has 1 aromatic carbocycles. The first-order valence-corrected chi connectivity index (χ1v) is 8.65. The molecule has 20 heavy (non-hydrogen) atoms. The normalized spacial score (nSPS) is 19.1. The number of aliphatic hydroxyl groups is 1. The van der Waals surface area contributed by atoms with Gasteiger partial charge in [0, 0.05) is 30.5 Å². The fraction of sp³-hybridized carbons (Fsp3) is 0.562. The molecule has 2 rings (SSSR count). The molecule has 0 bridgehead atoms. The molecule has 1 N–H and O–H groups in total. The number of likely N-dealkylation sites (tertiary alicyclic amines) is 1. The maximum Gasteiger partial charge on any atom is 0.254 e. The second-order valence-electron chi connectivity index (χ2n) is 5.29. The van der Waals surface area contributed by atoms with Crippen molar-refractivity contribution < 1.29 is 9.90 Å². The molecular formula is C16H23NO2S. The number of hydrogen-bond donors (Lipinski definition) is 1. The molecule has 4 heteroatoms. The SMILES string of the molecule is CSCc1ccc(C(=O)N2CCCCC2CCO)cc1. The molecule has 0 spiro atoms. The third-order valence-electron chi connectivity index (χ3n) is 3.86. The molecule has 1 saturated heterocycles. The van der Waals surface area contributed by atoms with Gasteiger partial charge in [0.15, 0.2) is 0 Å². The van der Waals surface area contributed by atoms with Crippen molar-refractivity contribution in [2.75, 3.05) is 19.4 Å². The number of hydrogen-bond acceptors (Lipinski definition) is 3. The Morgan fingerprint density at radius 2 is 2.10 bits per heavy atom. The average molecular weight is 293 g/mol. The molecule has 1 amide bonds. The van der Waals surface area contributed by atoms with Crippen molar-refractivity contribution in [1.82, 2.24) is 4.90 Å². The highest BCUT2D eigenvalue weighted by Gasteiger charge is 2.26. The Kier molecular flexibility index (Phi) is 5.92. The van der Waals surface area contributed by atoms with E-state index in [0.29, 0.717) is 6.42 Å². The first-order valence-electron chi connectivity index (χ1n) is 7.26. The molecule has 110 valence electrons. The lowest BCUT2D eigenvalue weighted by molar-refractivity contribution is 0.0574. The number of piperidine rings is 1. The predicted molar refractivity (Wildman–Crippen MR) is 84.0 cm³/mol. The van der Waals surface area contributed by atoms with Gasteiger partial charge in [0.1, 0.15) is 0 Å². The molecule has 0 radical (unpaired) electrons. The van der Waals surface area contributed by atoms with Crippen LogP contribution in [0.2, 0.25) is 0 Å². The Balaban J connectivity index is 2.08. The monoisotopic (exact) mass is 293 g/mol. The maximum absolute atomic E-state index is 12.6. The van der Waals surface area contributed by atoms with Crippen LogP contribution in [0.15, 0.2) is 24.3 Å². The van der Waals surface area contributed by atoms with Crippen molar-refractivity contribution in [3.05, 3.63) is 35.4 Å². The molecule has 1 aliphatic heterocycles. The largest absolute Gasteiger partial charge is 0.396 e. The molecule has 0 aliphatic carbocycles. The van der Waals surface area contributed by atoms with Crippen LogP contribution in [-0.4, -0.2) is 41.4 Å². The summed E-state index contributed by atoms with van der Waals surface area (Å²) in [5.41, 5.74) is 2.01. The Hall–Kier alpha value is -1.00. The lowest BCUT2D eigenvalue weighted by Gasteiger charge is -2.35. The van der Waals surface area contributed by atoms with E-state index in [1.807, 2.05) is 29.2 Å². The van der Waals surface area contributed by atoms with Gasteiger partial charge >= 0.3 is 0 Å². The number of amides is 1. The standard InChI is InChI=1S/C16H23NO2S/c1-20-12-13-5-7-14(8-6-13)16(19)17-10-3-2-4-15(17)9-11-18/h5-8,15,18H,2-4,9-12H2,1H3. The second kappa shape index (κ2) is 7.70. The average Bonchev–Trinajstić information content (AvgIpc) is 2.49. The quantitative estimate of drug-likeness (QED) is 0.907. The molecule has 0 aromatic heterocycles. The van der Waals surface area contributed by atoms with E-state index in [2.05, 4.69) is 6.26 Å². The van der Waals surface area contributed by atoms with Crippen LogP contribution in [0.1, 0.15) is 41.6 Å². The molecule has 1 unspecified atom stereocenters. The van der Waals surface area contributed by atoms with Gasteiger partial charge in [-0.3, -0.25) is 4.79 Å². The molecule has 3 nitrogen and oxygen atoms in total. The minimum Gasteiger partial charge on any atom is -0.396 e. The first-order chi connectivity index (χ1) is 9.76. The first kappa shape index (κ1) is 15.4. The van der Waals surface area contributed by atoms with Crippen LogP contribution in [0.4, 0.5) is 0 Å². The zero-order chi connectivity index (χ0) is 14.4. The highest BCUT2D eigenvalue weighted by molar-refractivity contribution is 7.97. The van der Waals surface area contributed by atoms with Crippen LogP contribution in [0.25, 0.3) is 0 Å². The fourth-order valence-electron chi connectivity index (χ4n) is 2.79. The van der Waals surface area contributed by atoms with Gasteiger partial charge in [-0.05, 0) is 49.6 Å². The zero-order valence-electron chi connectivity index (χ0n) is 12.0. The minimum atomic E-state index is 0.110. The minimum absolute atomic E-state index is 0.110. The van der Waals surface area contributed by atoms with Crippen LogP contribution < -0.4 is 0 Å². The summed E-state index contributed by atoms with van der Waals surface area (Å²) in [7, 11) is 0. The summed E-state index contributed by atoms with van der Waals surface area (Å²) in [6.45, 7) is 0.969. The summed E-state index contributed by atoms with van der Waals surface area (Å²) in [6.07, 6.45) is 6.00. The van der Waals surface area contributed by atoms with Gasteiger partial charge in [0.05, 0.1) is 0 Å². The zero-order valence-corrected chi connectivity index (χ0v) is 12.9. The lowest BCUT2D eigenvalue weighted by atomic mass is 9.98. The van der Waals surface area contributed by atoms with Crippen molar-refractivity contribution in [2.45, 2.75) is 37.5 Å². The molecule has 1 aromatic rings. The van der Waals surface area contributed by atoms with Gasteiger partial charge in [0.25, 0.3) is 5.91 Å². The molecule has 1 atom stereocenters. The van der Waals surface area contributed by atoms with Gasteiger partial charge in [-0.1, -0.05) is 12.1 Å². The van der Waals surface area contributed by atoms with E-state index >= 15 is 0 Å². The third kappa shape index (κ3) is 3.76. The molecular weight excluding hydrogens is 270 g/mol. The molecule has 1 aliphatic rings. The number of thioether (sulfide) groups is 1. The Morgan fingerprint density at radius 1 is 1.35 bits per heavy atom. The molecule has 0 saturated carbocycles. The smallest absolute Gasteiger partial charge is 0.254 e. The van der Waals surface area contributed by atoms with Gasteiger partial charge in [-0.15, -0.1) is 0 Å². The van der Waals surface area contributed by atoms with Gasteiger partial charge in [0.2, 0.25) is 0 Å². The van der Waals surface area contributed by atoms with Crippen LogP contribution in [0, 0.1) is 0 Å². The van der Waals surface area contributed by atoms with Crippen molar-refractivity contribution in [3.8, 4) is 0 Å². The van der Waals surface area contributed by atoms with Crippen LogP contribution in [0.3, 0.4) is 0 Å². The summed E-state index contributed by atoms with van der Waals surface area (Å²) in [6, 6.07) is 8.13. The van der Waals surface area contributed by atoms with E-state index < -0.39 is 0 Å². The lowest BCUT2D eigenvalue weighted by Crippen LogP contribution is -2.44. The summed E-state index contributed by atoms with van der Waals surface area (Å²) in [4.78, 5) is 14.5. The Labute approximate surface area is 125 Å². The van der Waals surface area contributed by atoms with Crippen molar-refractivity contribution in [3.63, 3.8) is 0 Å². The summed E-state index contributed by atoms with van der Waals surface area (Å²) in [5.74, 6) is 1.09. The van der Waals surface area contributed by atoms with E-state index in [0.717, 1.165) is 37.1 Å². The number of aliphatic hydroxyl groups excluding tert-OH is 1. The van der Waals surface area contributed by atoms with Crippen LogP contribution >= 0.6 is 11.8 Å². The van der Waals surface area contributed by atoms with Gasteiger partial charge in [-0.25, -0.2) is 0 Å². The van der Waals surface area contributed by atoms with E-state index in [9.17, 15) is 4.79 Å². The number of carbonyl (C=O) groups is 1. The van der Waals surface area contributed by atoms with Crippen LogP contribution in [0.5, 0.6) is 0 Å². The molecule has 1 fully saturated rings. The van der Waals surface area contributed by atoms with Gasteiger partial charge < -0.3 is 10.0 Å². The highest BCUT2D eigenvalue weighted by atomic mass is 32.2. The van der Waals surface area contributed by atoms with Crippen molar-refractivity contribution in [1.29, 1.82) is 0 Å². The summed E-state index contributed by atoms with van der Waals surface area (Å²) < 4.78 is 0. The number of benzene rings is 1. The van der Waals surface area contributed by atoms with E-state index in [1.165, 1.54) is 5.56 Å². The third-order valence-corrected chi connectivity index (χ3v) is 4.48. The van der Waals surface area contributed by atoms with Gasteiger partial charge in [-0.2, -0.15) is 11.8 Å². The van der Waals surface area contributed by atoms with E-state index in [4.69, 9.17) is 5.11 Å². The Morgan fingerprint density at radius 3 is 2.75 bits per heavy atom. The van der Waals surface area contributed by atoms with Crippen LogP contribution in [-0.2, 0) is 5.75 Å². The highest BCUT2D eigenvalue weighted by Crippen LogP contribution is 2.22. The van der Waals surface area contributed by atoms with E-state index in [1.54, 1.807) is 11.8 Å². The number of rotatable bonds is 5. The van der Waals surface area contributed by atoms with E-state index in [-0.39, 0.29) is 18.6 Å². The number of carbonyl (C=O) groups excluding carboxylic acids is 1. The maximum atomic E-state index is 12.6. The van der Waals surface area contributed by atoms with Crippen molar-refractivity contribution >= 4 is 17.7 Å². The second-order valence-corrected chi connectivity index (χ2v) is 6.16. The summed E-state index contributed by atoms with van der Waals surface area (Å²) in [5, 5.41) is 9.14. The fourth-order valence-corrected chi connectivity index (χ4v) is 3.32. The summed E-state index contributed by atoms with van der Waals surface area (Å²) >= 11 is 1.78. The Bertz CT molecular complexity index is 431. The molecule has 1 heterocycles. The predicted octanol–water partition coefficient (Wildman–Crippen LogP) is 2.93. The topological polar surface area (TPSA) is 40.5 Å². The number of nitrogens with zero attached hydrogens (tertiary/aromatic N) is 1.